The Morgan fingerprint density at radius 2 is 2.22 bits per heavy atom. The van der Waals surface area contributed by atoms with Crippen molar-refractivity contribution in [3.63, 3.8) is 0 Å². The molecule has 1 aromatic carbocycles. The largest absolute Gasteiger partial charge is 0.351 e. The topological polar surface area (TPSA) is 55.1 Å². The third kappa shape index (κ3) is 5.76. The molecule has 0 spiro atoms. The summed E-state index contributed by atoms with van der Waals surface area (Å²) in [7, 11) is 0. The second kappa shape index (κ2) is 8.40. The van der Waals surface area contributed by atoms with Gasteiger partial charge in [0.1, 0.15) is 0 Å². The Morgan fingerprint density at radius 3 is 2.89 bits per heavy atom. The lowest BCUT2D eigenvalue weighted by atomic mass is 10.2. The highest BCUT2D eigenvalue weighted by Crippen LogP contribution is 2.14. The van der Waals surface area contributed by atoms with Gasteiger partial charge >= 0.3 is 0 Å². The van der Waals surface area contributed by atoms with Crippen molar-refractivity contribution in [3.8, 4) is 0 Å². The zero-order valence-electron chi connectivity index (χ0n) is 10.5. The molecule has 1 amide bonds. The maximum Gasteiger partial charge on any atom is 0.230 e. The zero-order chi connectivity index (χ0) is 13.4. The van der Waals surface area contributed by atoms with Crippen LogP contribution < -0.4 is 11.1 Å². The summed E-state index contributed by atoms with van der Waals surface area (Å²) in [6, 6.07) is 7.67. The molecule has 0 aromatic heterocycles. The Morgan fingerprint density at radius 1 is 1.50 bits per heavy atom. The average Bonchev–Trinajstić information content (AvgIpc) is 2.37. The molecule has 18 heavy (non-hydrogen) atoms. The van der Waals surface area contributed by atoms with Crippen LogP contribution in [0.1, 0.15) is 18.9 Å². The van der Waals surface area contributed by atoms with Crippen LogP contribution in [0.2, 0.25) is 5.02 Å². The Kier molecular flexibility index (Phi) is 7.16. The molecule has 0 aliphatic rings. The van der Waals surface area contributed by atoms with Gasteiger partial charge in [0, 0.05) is 23.4 Å². The van der Waals surface area contributed by atoms with Gasteiger partial charge in [-0.15, -0.1) is 0 Å². The number of carbonyl (C=O) groups excluding carboxylic acids is 1. The molecule has 3 nitrogen and oxygen atoms in total. The standard InChI is InChI=1S/C13H19ClN2OS/c1-2-11(15)8-18-9-13(17)16-7-10-5-3-4-6-12(10)14/h3-6,11H,2,7-9,15H2,1H3,(H,16,17). The number of hydrogen-bond acceptors (Lipinski definition) is 3. The van der Waals surface area contributed by atoms with Crippen molar-refractivity contribution in [2.75, 3.05) is 11.5 Å². The van der Waals surface area contributed by atoms with E-state index in [4.69, 9.17) is 17.3 Å². The van der Waals surface area contributed by atoms with Gasteiger partial charge in [0.25, 0.3) is 0 Å². The first-order valence-electron chi connectivity index (χ1n) is 5.97. The second-order valence-electron chi connectivity index (χ2n) is 4.05. The Bertz CT molecular complexity index is 387. The summed E-state index contributed by atoms with van der Waals surface area (Å²) < 4.78 is 0. The number of amides is 1. The van der Waals surface area contributed by atoms with E-state index in [9.17, 15) is 4.79 Å². The van der Waals surface area contributed by atoms with Crippen LogP contribution in [0.4, 0.5) is 0 Å². The molecule has 1 rings (SSSR count). The molecule has 0 saturated heterocycles. The van der Waals surface area contributed by atoms with Gasteiger partial charge in [-0.3, -0.25) is 4.79 Å². The number of carbonyl (C=O) groups is 1. The SMILES string of the molecule is CCC(N)CSCC(=O)NCc1ccccc1Cl. The van der Waals surface area contributed by atoms with Crippen LogP contribution in [0.3, 0.4) is 0 Å². The van der Waals surface area contributed by atoms with Crippen molar-refractivity contribution in [1.29, 1.82) is 0 Å². The van der Waals surface area contributed by atoms with E-state index in [0.717, 1.165) is 17.7 Å². The number of halogens is 1. The fourth-order valence-corrected chi connectivity index (χ4v) is 2.45. The van der Waals surface area contributed by atoms with Gasteiger partial charge in [-0.05, 0) is 18.1 Å². The van der Waals surface area contributed by atoms with Crippen molar-refractivity contribution < 1.29 is 4.79 Å². The number of thioether (sulfide) groups is 1. The van der Waals surface area contributed by atoms with Crippen molar-refractivity contribution in [3.05, 3.63) is 34.9 Å². The van der Waals surface area contributed by atoms with Crippen molar-refractivity contribution in [2.24, 2.45) is 5.73 Å². The first kappa shape index (κ1) is 15.3. The van der Waals surface area contributed by atoms with E-state index in [-0.39, 0.29) is 11.9 Å². The zero-order valence-corrected chi connectivity index (χ0v) is 12.1. The molecule has 0 bridgehead atoms. The van der Waals surface area contributed by atoms with Gasteiger partial charge in [0.05, 0.1) is 5.75 Å². The highest BCUT2D eigenvalue weighted by molar-refractivity contribution is 7.99. The van der Waals surface area contributed by atoms with Crippen LogP contribution >= 0.6 is 23.4 Å². The van der Waals surface area contributed by atoms with Crippen LogP contribution in [-0.4, -0.2) is 23.5 Å². The van der Waals surface area contributed by atoms with Crippen LogP contribution in [0.25, 0.3) is 0 Å². The lowest BCUT2D eigenvalue weighted by Gasteiger charge is -2.09. The minimum Gasteiger partial charge on any atom is -0.351 e. The first-order valence-corrected chi connectivity index (χ1v) is 7.50. The molecule has 0 aliphatic heterocycles. The molecule has 1 unspecified atom stereocenters. The lowest BCUT2D eigenvalue weighted by molar-refractivity contribution is -0.118. The predicted octanol–water partition coefficient (Wildman–Crippen LogP) is 2.43. The van der Waals surface area contributed by atoms with Gasteiger partial charge in [0.2, 0.25) is 5.91 Å². The fourth-order valence-electron chi connectivity index (χ4n) is 1.31. The van der Waals surface area contributed by atoms with E-state index >= 15 is 0 Å². The summed E-state index contributed by atoms with van der Waals surface area (Å²) in [4.78, 5) is 11.6. The van der Waals surface area contributed by atoms with Crippen molar-refractivity contribution >= 4 is 29.3 Å². The Balaban J connectivity index is 2.23. The molecule has 1 aromatic rings. The molecule has 1 atom stereocenters. The van der Waals surface area contributed by atoms with Crippen LogP contribution in [0.5, 0.6) is 0 Å². The monoisotopic (exact) mass is 286 g/mol. The normalized spacial score (nSPS) is 12.2. The van der Waals surface area contributed by atoms with Gasteiger partial charge in [-0.2, -0.15) is 11.8 Å². The lowest BCUT2D eigenvalue weighted by Crippen LogP contribution is -2.27. The van der Waals surface area contributed by atoms with Crippen molar-refractivity contribution in [1.82, 2.24) is 5.32 Å². The van der Waals surface area contributed by atoms with E-state index in [0.29, 0.717) is 17.3 Å². The molecule has 0 saturated carbocycles. The maximum absolute atomic E-state index is 11.6. The summed E-state index contributed by atoms with van der Waals surface area (Å²) in [6.07, 6.45) is 0.939. The van der Waals surface area contributed by atoms with Gasteiger partial charge in [-0.25, -0.2) is 0 Å². The average molecular weight is 287 g/mol. The number of nitrogens with two attached hydrogens (primary N) is 1. The molecule has 0 heterocycles. The number of nitrogens with one attached hydrogen (secondary N) is 1. The maximum atomic E-state index is 11.6. The quantitative estimate of drug-likeness (QED) is 0.809. The molecule has 5 heteroatoms. The third-order valence-electron chi connectivity index (χ3n) is 2.52. The van der Waals surface area contributed by atoms with E-state index < -0.39 is 0 Å². The van der Waals surface area contributed by atoms with Crippen molar-refractivity contribution in [2.45, 2.75) is 25.9 Å². The summed E-state index contributed by atoms with van der Waals surface area (Å²) in [5.74, 6) is 1.27. The molecule has 0 fully saturated rings. The van der Waals surface area contributed by atoms with Gasteiger partial charge in [-0.1, -0.05) is 36.7 Å². The van der Waals surface area contributed by atoms with E-state index in [2.05, 4.69) is 5.32 Å². The van der Waals surface area contributed by atoms with Crippen LogP contribution in [-0.2, 0) is 11.3 Å². The summed E-state index contributed by atoms with van der Waals surface area (Å²) >= 11 is 7.56. The van der Waals surface area contributed by atoms with Gasteiger partial charge in [0.15, 0.2) is 0 Å². The smallest absolute Gasteiger partial charge is 0.230 e. The number of hydrogen-bond donors (Lipinski definition) is 2. The minimum atomic E-state index is 0.0169. The highest BCUT2D eigenvalue weighted by Gasteiger charge is 2.05. The predicted molar refractivity (Wildman–Crippen MR) is 78.9 cm³/mol. The summed E-state index contributed by atoms with van der Waals surface area (Å²) in [5, 5.41) is 3.53. The molecular weight excluding hydrogens is 268 g/mol. The Hall–Kier alpha value is -0.710. The second-order valence-corrected chi connectivity index (χ2v) is 5.49. The highest BCUT2D eigenvalue weighted by atomic mass is 35.5. The first-order chi connectivity index (χ1) is 8.63. The third-order valence-corrected chi connectivity index (χ3v) is 4.02. The molecule has 100 valence electrons. The summed E-state index contributed by atoms with van der Waals surface area (Å²) in [6.45, 7) is 2.52. The Labute approximate surface area is 117 Å². The minimum absolute atomic E-state index is 0.0169. The van der Waals surface area contributed by atoms with Gasteiger partial charge < -0.3 is 11.1 Å². The molecule has 3 N–H and O–H groups in total. The van der Waals surface area contributed by atoms with Crippen LogP contribution in [0.15, 0.2) is 24.3 Å². The van der Waals surface area contributed by atoms with E-state index in [1.165, 1.54) is 0 Å². The summed E-state index contributed by atoms with van der Waals surface area (Å²) in [5.41, 5.74) is 6.71. The molecule has 0 aliphatic carbocycles. The van der Waals surface area contributed by atoms with E-state index in [1.54, 1.807) is 11.8 Å². The molecular formula is C13H19ClN2OS. The van der Waals surface area contributed by atoms with E-state index in [1.807, 2.05) is 31.2 Å². The number of benzene rings is 1. The molecule has 0 radical (unpaired) electrons. The fraction of sp³-hybridized carbons (Fsp3) is 0.462. The number of rotatable bonds is 7. The van der Waals surface area contributed by atoms with Crippen LogP contribution in [0, 0.1) is 0 Å².